The number of fused-ring (bicyclic) bond motifs is 1. The first-order chi connectivity index (χ1) is 14.3. The second kappa shape index (κ2) is 8.74. The Morgan fingerprint density at radius 2 is 1.80 bits per heavy atom. The monoisotopic (exact) mass is 432 g/mol. The topological polar surface area (TPSA) is 102 Å². The fourth-order valence-electron chi connectivity index (χ4n) is 3.41. The highest BCUT2D eigenvalue weighted by Crippen LogP contribution is 2.32. The van der Waals surface area contributed by atoms with E-state index in [1.54, 1.807) is 31.4 Å². The highest BCUT2D eigenvalue weighted by Gasteiger charge is 2.40. The van der Waals surface area contributed by atoms with E-state index >= 15 is 0 Å². The molecule has 2 aromatic carbocycles. The summed E-state index contributed by atoms with van der Waals surface area (Å²) in [6, 6.07) is 11.1. The minimum Gasteiger partial charge on any atom is -0.493 e. The van der Waals surface area contributed by atoms with Crippen LogP contribution in [0.25, 0.3) is 0 Å². The van der Waals surface area contributed by atoms with Gasteiger partial charge in [-0.3, -0.25) is 9.59 Å². The second-order valence-corrected chi connectivity index (χ2v) is 8.60. The van der Waals surface area contributed by atoms with Gasteiger partial charge in [-0.05, 0) is 36.2 Å². The molecule has 1 heterocycles. The van der Waals surface area contributed by atoms with E-state index in [-0.39, 0.29) is 35.4 Å². The van der Waals surface area contributed by atoms with Crippen LogP contribution >= 0.6 is 0 Å². The molecule has 8 nitrogen and oxygen atoms in total. The summed E-state index contributed by atoms with van der Waals surface area (Å²) < 4.78 is 36.5. The van der Waals surface area contributed by atoms with Crippen molar-refractivity contribution in [3.05, 3.63) is 53.6 Å². The molecule has 1 N–H and O–H groups in total. The summed E-state index contributed by atoms with van der Waals surface area (Å²) >= 11 is 0. The van der Waals surface area contributed by atoms with E-state index in [1.807, 2.05) is 13.0 Å². The smallest absolute Gasteiger partial charge is 0.269 e. The SMILES string of the molecule is CC[C@H](NC(=O)CCN1C(=O)c2ccccc2S1(=O)=O)c1ccc(OC)c(OC)c1. The van der Waals surface area contributed by atoms with Crippen molar-refractivity contribution >= 4 is 21.8 Å². The lowest BCUT2D eigenvalue weighted by Gasteiger charge is -2.20. The van der Waals surface area contributed by atoms with E-state index in [0.29, 0.717) is 17.9 Å². The minimum absolute atomic E-state index is 0.0211. The number of rotatable bonds is 8. The van der Waals surface area contributed by atoms with Crippen LogP contribution < -0.4 is 14.8 Å². The first kappa shape index (κ1) is 21.6. The molecule has 2 aromatic rings. The molecule has 0 fully saturated rings. The third-order valence-electron chi connectivity index (χ3n) is 5.01. The molecule has 30 heavy (non-hydrogen) atoms. The average molecular weight is 432 g/mol. The number of benzene rings is 2. The number of sulfonamides is 1. The molecule has 0 saturated carbocycles. The van der Waals surface area contributed by atoms with Gasteiger partial charge in [-0.2, -0.15) is 0 Å². The van der Waals surface area contributed by atoms with Crippen LogP contribution in [0.5, 0.6) is 11.5 Å². The van der Waals surface area contributed by atoms with Gasteiger partial charge >= 0.3 is 0 Å². The van der Waals surface area contributed by atoms with Gasteiger partial charge in [-0.15, -0.1) is 0 Å². The van der Waals surface area contributed by atoms with Crippen molar-refractivity contribution in [3.63, 3.8) is 0 Å². The summed E-state index contributed by atoms with van der Waals surface area (Å²) in [5, 5.41) is 2.89. The minimum atomic E-state index is -3.92. The molecule has 0 aliphatic carbocycles. The summed E-state index contributed by atoms with van der Waals surface area (Å²) in [5.41, 5.74) is 0.968. The molecule has 160 valence electrons. The van der Waals surface area contributed by atoms with Crippen LogP contribution in [0, 0.1) is 0 Å². The number of carbonyl (C=O) groups is 2. The zero-order valence-electron chi connectivity index (χ0n) is 17.0. The maximum Gasteiger partial charge on any atom is 0.269 e. The number of hydrogen-bond acceptors (Lipinski definition) is 6. The van der Waals surface area contributed by atoms with Crippen LogP contribution in [0.3, 0.4) is 0 Å². The number of carbonyl (C=O) groups excluding carboxylic acids is 2. The fourth-order valence-corrected chi connectivity index (χ4v) is 4.98. The molecule has 0 bridgehead atoms. The molecule has 1 aliphatic heterocycles. The lowest BCUT2D eigenvalue weighted by molar-refractivity contribution is -0.121. The molecule has 3 rings (SSSR count). The Bertz CT molecular complexity index is 1070. The molecule has 9 heteroatoms. The molecule has 2 amide bonds. The summed E-state index contributed by atoms with van der Waals surface area (Å²) in [7, 11) is -0.842. The molecule has 0 unspecified atom stereocenters. The predicted octanol–water partition coefficient (Wildman–Crippen LogP) is 2.51. The first-order valence-corrected chi connectivity index (χ1v) is 10.9. The van der Waals surface area contributed by atoms with Crippen molar-refractivity contribution in [3.8, 4) is 11.5 Å². The van der Waals surface area contributed by atoms with E-state index in [4.69, 9.17) is 9.47 Å². The van der Waals surface area contributed by atoms with Crippen LogP contribution in [-0.2, 0) is 14.8 Å². The van der Waals surface area contributed by atoms with Gasteiger partial charge in [0.2, 0.25) is 5.91 Å². The summed E-state index contributed by atoms with van der Waals surface area (Å²) in [6.45, 7) is 1.71. The Morgan fingerprint density at radius 1 is 1.10 bits per heavy atom. The van der Waals surface area contributed by atoms with Crippen molar-refractivity contribution in [1.82, 2.24) is 9.62 Å². The summed E-state index contributed by atoms with van der Waals surface area (Å²) in [4.78, 5) is 24.9. The Hall–Kier alpha value is -3.07. The van der Waals surface area contributed by atoms with E-state index < -0.39 is 15.9 Å². The van der Waals surface area contributed by atoms with Crippen LogP contribution in [0.15, 0.2) is 47.4 Å². The Balaban J connectivity index is 1.68. The number of methoxy groups -OCH3 is 2. The summed E-state index contributed by atoms with van der Waals surface area (Å²) in [5.74, 6) is 0.176. The standard InChI is InChI=1S/C21H24N2O6S/c1-4-16(14-9-10-17(28-2)18(13-14)29-3)22-20(24)11-12-23-21(25)15-7-5-6-8-19(15)30(23,26)27/h5-10,13,16H,4,11-12H2,1-3H3,(H,22,24)/t16-/m0/s1. The highest BCUT2D eigenvalue weighted by molar-refractivity contribution is 7.90. The van der Waals surface area contributed by atoms with Crippen molar-refractivity contribution < 1.29 is 27.5 Å². The van der Waals surface area contributed by atoms with Crippen molar-refractivity contribution in [2.45, 2.75) is 30.7 Å². The molecular weight excluding hydrogens is 408 g/mol. The van der Waals surface area contributed by atoms with Gasteiger partial charge in [0, 0.05) is 13.0 Å². The Morgan fingerprint density at radius 3 is 2.43 bits per heavy atom. The molecule has 1 atom stereocenters. The zero-order chi connectivity index (χ0) is 21.9. The molecular formula is C21H24N2O6S. The second-order valence-electron chi connectivity index (χ2n) is 6.77. The normalized spacial score (nSPS) is 15.4. The number of amides is 2. The molecule has 0 aromatic heterocycles. The lowest BCUT2D eigenvalue weighted by Crippen LogP contribution is -2.35. The van der Waals surface area contributed by atoms with E-state index in [0.717, 1.165) is 9.87 Å². The van der Waals surface area contributed by atoms with Gasteiger partial charge in [0.15, 0.2) is 11.5 Å². The number of nitrogens with zero attached hydrogens (tertiary/aromatic N) is 1. The molecule has 1 aliphatic rings. The predicted molar refractivity (Wildman–Crippen MR) is 110 cm³/mol. The summed E-state index contributed by atoms with van der Waals surface area (Å²) in [6.07, 6.45) is 0.482. The van der Waals surface area contributed by atoms with Crippen molar-refractivity contribution in [2.75, 3.05) is 20.8 Å². The van der Waals surface area contributed by atoms with E-state index in [9.17, 15) is 18.0 Å². The quantitative estimate of drug-likeness (QED) is 0.688. The highest BCUT2D eigenvalue weighted by atomic mass is 32.2. The number of hydrogen-bond donors (Lipinski definition) is 1. The molecule has 0 spiro atoms. The van der Waals surface area contributed by atoms with Crippen molar-refractivity contribution in [2.24, 2.45) is 0 Å². The molecule has 0 radical (unpaired) electrons. The zero-order valence-corrected chi connectivity index (χ0v) is 17.9. The van der Waals surface area contributed by atoms with Gasteiger partial charge in [-0.1, -0.05) is 25.1 Å². The number of nitrogens with one attached hydrogen (secondary N) is 1. The Labute approximate surface area is 175 Å². The fraction of sp³-hybridized carbons (Fsp3) is 0.333. The van der Waals surface area contributed by atoms with Gasteiger partial charge in [0.25, 0.3) is 15.9 Å². The van der Waals surface area contributed by atoms with Gasteiger partial charge in [-0.25, -0.2) is 12.7 Å². The lowest BCUT2D eigenvalue weighted by atomic mass is 10.0. The average Bonchev–Trinajstić information content (AvgIpc) is 2.95. The van der Waals surface area contributed by atoms with Gasteiger partial charge in [0.05, 0.1) is 25.8 Å². The van der Waals surface area contributed by atoms with Gasteiger partial charge in [0.1, 0.15) is 4.90 Å². The maximum atomic E-state index is 12.6. The van der Waals surface area contributed by atoms with Crippen LogP contribution in [0.2, 0.25) is 0 Å². The van der Waals surface area contributed by atoms with Crippen LogP contribution in [-0.4, -0.2) is 45.3 Å². The third-order valence-corrected chi connectivity index (χ3v) is 6.85. The van der Waals surface area contributed by atoms with E-state index in [1.165, 1.54) is 19.2 Å². The van der Waals surface area contributed by atoms with Gasteiger partial charge < -0.3 is 14.8 Å². The third kappa shape index (κ3) is 3.97. The molecule has 0 saturated heterocycles. The van der Waals surface area contributed by atoms with Crippen LogP contribution in [0.1, 0.15) is 41.7 Å². The van der Waals surface area contributed by atoms with E-state index in [2.05, 4.69) is 5.32 Å². The number of ether oxygens (including phenoxy) is 2. The maximum absolute atomic E-state index is 12.6. The largest absolute Gasteiger partial charge is 0.493 e. The van der Waals surface area contributed by atoms with Crippen LogP contribution in [0.4, 0.5) is 0 Å². The first-order valence-electron chi connectivity index (χ1n) is 9.50. The Kier molecular flexibility index (Phi) is 6.31. The van der Waals surface area contributed by atoms with Crippen molar-refractivity contribution in [1.29, 1.82) is 0 Å².